The summed E-state index contributed by atoms with van der Waals surface area (Å²) in [5, 5.41) is 19.9. The van der Waals surface area contributed by atoms with E-state index in [1.54, 1.807) is 0 Å². The molecule has 1 saturated heterocycles. The maximum atomic E-state index is 11.5. The lowest BCUT2D eigenvalue weighted by Crippen LogP contribution is -2.34. The van der Waals surface area contributed by atoms with Crippen molar-refractivity contribution in [2.24, 2.45) is 0 Å². The van der Waals surface area contributed by atoms with Crippen LogP contribution in [0.2, 0.25) is 0 Å². The van der Waals surface area contributed by atoms with Crippen molar-refractivity contribution >= 4 is 44.0 Å². The van der Waals surface area contributed by atoms with E-state index in [9.17, 15) is 13.2 Å². The number of carboxylic acids is 1. The fourth-order valence-corrected chi connectivity index (χ4v) is 4.95. The van der Waals surface area contributed by atoms with Crippen LogP contribution in [0, 0.1) is 0 Å². The van der Waals surface area contributed by atoms with Crippen LogP contribution in [0.5, 0.6) is 0 Å². The number of thioether (sulfide) groups is 1. The predicted molar refractivity (Wildman–Crippen MR) is 73.6 cm³/mol. The highest BCUT2D eigenvalue weighted by atomic mass is 32.2. The first-order chi connectivity index (χ1) is 8.94. The van der Waals surface area contributed by atoms with Gasteiger partial charge in [-0.1, -0.05) is 23.1 Å². The SMILES string of the molecule is O=C(O)CSc1nnc(NC2CCCS(=O)(=O)C2)s1. The molecule has 1 fully saturated rings. The quantitative estimate of drug-likeness (QED) is 0.762. The van der Waals surface area contributed by atoms with Gasteiger partial charge in [-0.15, -0.1) is 10.2 Å². The van der Waals surface area contributed by atoms with Crippen LogP contribution in [0.25, 0.3) is 0 Å². The van der Waals surface area contributed by atoms with Gasteiger partial charge < -0.3 is 10.4 Å². The van der Waals surface area contributed by atoms with Gasteiger partial charge in [-0.3, -0.25) is 4.79 Å². The Labute approximate surface area is 118 Å². The lowest BCUT2D eigenvalue weighted by atomic mass is 10.2. The van der Waals surface area contributed by atoms with Gasteiger partial charge in [0.05, 0.1) is 17.3 Å². The zero-order chi connectivity index (χ0) is 13.9. The molecule has 1 atom stereocenters. The molecule has 19 heavy (non-hydrogen) atoms. The zero-order valence-corrected chi connectivity index (χ0v) is 12.4. The molecule has 1 aromatic rings. The van der Waals surface area contributed by atoms with Crippen molar-refractivity contribution in [3.63, 3.8) is 0 Å². The average molecular weight is 323 g/mol. The smallest absolute Gasteiger partial charge is 0.313 e. The van der Waals surface area contributed by atoms with E-state index in [1.165, 1.54) is 11.3 Å². The second-order valence-electron chi connectivity index (χ2n) is 4.15. The van der Waals surface area contributed by atoms with Gasteiger partial charge in [0.25, 0.3) is 0 Å². The summed E-state index contributed by atoms with van der Waals surface area (Å²) in [5.41, 5.74) is 0. The van der Waals surface area contributed by atoms with Gasteiger partial charge in [0.1, 0.15) is 0 Å². The number of hydrogen-bond donors (Lipinski definition) is 2. The van der Waals surface area contributed by atoms with Gasteiger partial charge in [0, 0.05) is 6.04 Å². The third kappa shape index (κ3) is 4.62. The Morgan fingerprint density at radius 3 is 3.00 bits per heavy atom. The summed E-state index contributed by atoms with van der Waals surface area (Å²) in [6.45, 7) is 0. The van der Waals surface area contributed by atoms with Crippen molar-refractivity contribution in [2.75, 3.05) is 22.6 Å². The van der Waals surface area contributed by atoms with Crippen LogP contribution >= 0.6 is 23.1 Å². The molecule has 2 heterocycles. The van der Waals surface area contributed by atoms with Crippen LogP contribution in [0.4, 0.5) is 5.13 Å². The molecule has 0 spiro atoms. The lowest BCUT2D eigenvalue weighted by molar-refractivity contribution is -0.133. The Morgan fingerprint density at radius 2 is 2.32 bits per heavy atom. The second kappa shape index (κ2) is 6.06. The Bertz CT molecular complexity index is 557. The monoisotopic (exact) mass is 323 g/mol. The maximum Gasteiger partial charge on any atom is 0.313 e. The molecule has 2 N–H and O–H groups in total. The first-order valence-corrected chi connectivity index (χ1v) is 9.22. The summed E-state index contributed by atoms with van der Waals surface area (Å²) < 4.78 is 23.5. The minimum atomic E-state index is -2.96. The van der Waals surface area contributed by atoms with E-state index >= 15 is 0 Å². The van der Waals surface area contributed by atoms with Gasteiger partial charge in [0.2, 0.25) is 5.13 Å². The normalized spacial score (nSPS) is 22.0. The fourth-order valence-electron chi connectivity index (χ4n) is 1.76. The Kier molecular flexibility index (Phi) is 4.63. The number of rotatable bonds is 5. The molecule has 0 amide bonds. The summed E-state index contributed by atoms with van der Waals surface area (Å²) in [6.07, 6.45) is 1.44. The van der Waals surface area contributed by atoms with Crippen molar-refractivity contribution in [2.45, 2.75) is 23.2 Å². The molecule has 0 aromatic carbocycles. The summed E-state index contributed by atoms with van der Waals surface area (Å²) >= 11 is 2.34. The number of aromatic nitrogens is 2. The molecule has 1 aliphatic heterocycles. The minimum absolute atomic E-state index is 0.0631. The number of carboxylic acid groups (broad SMARTS) is 1. The average Bonchev–Trinajstić information content (AvgIpc) is 2.73. The number of nitrogens with zero attached hydrogens (tertiary/aromatic N) is 2. The molecule has 0 radical (unpaired) electrons. The van der Waals surface area contributed by atoms with Gasteiger partial charge in [-0.25, -0.2) is 8.42 Å². The van der Waals surface area contributed by atoms with Gasteiger partial charge in [-0.2, -0.15) is 0 Å². The number of hydrogen-bond acceptors (Lipinski definition) is 8. The van der Waals surface area contributed by atoms with E-state index < -0.39 is 15.8 Å². The summed E-state index contributed by atoms with van der Waals surface area (Å²) in [7, 11) is -2.96. The molecule has 1 unspecified atom stereocenters. The molecule has 7 nitrogen and oxygen atoms in total. The Morgan fingerprint density at radius 1 is 1.53 bits per heavy atom. The van der Waals surface area contributed by atoms with Crippen molar-refractivity contribution < 1.29 is 18.3 Å². The van der Waals surface area contributed by atoms with E-state index in [4.69, 9.17) is 5.11 Å². The van der Waals surface area contributed by atoms with E-state index in [2.05, 4.69) is 15.5 Å². The minimum Gasteiger partial charge on any atom is -0.481 e. The molecule has 10 heteroatoms. The molecule has 1 aliphatic rings. The first kappa shape index (κ1) is 14.5. The third-order valence-electron chi connectivity index (χ3n) is 2.52. The van der Waals surface area contributed by atoms with Crippen molar-refractivity contribution in [3.8, 4) is 0 Å². The number of anilines is 1. The number of carbonyl (C=O) groups is 1. The van der Waals surface area contributed by atoms with E-state index in [0.717, 1.165) is 18.2 Å². The molecule has 2 rings (SSSR count). The van der Waals surface area contributed by atoms with Crippen LogP contribution in [0.3, 0.4) is 0 Å². The Hall–Kier alpha value is -0.870. The topological polar surface area (TPSA) is 109 Å². The molecular formula is C9H13N3O4S3. The second-order valence-corrected chi connectivity index (χ2v) is 8.58. The van der Waals surface area contributed by atoms with Crippen LogP contribution < -0.4 is 5.32 Å². The number of sulfone groups is 1. The largest absolute Gasteiger partial charge is 0.481 e. The predicted octanol–water partition coefficient (Wildman–Crippen LogP) is 0.704. The highest BCUT2D eigenvalue weighted by Gasteiger charge is 2.25. The first-order valence-electron chi connectivity index (χ1n) is 5.60. The number of aliphatic carboxylic acids is 1. The van der Waals surface area contributed by atoms with Crippen molar-refractivity contribution in [3.05, 3.63) is 0 Å². The van der Waals surface area contributed by atoms with Crippen molar-refractivity contribution in [1.29, 1.82) is 0 Å². The molecular weight excluding hydrogens is 310 g/mol. The Balaban J connectivity index is 1.91. The zero-order valence-electron chi connectivity index (χ0n) is 9.90. The maximum absolute atomic E-state index is 11.5. The van der Waals surface area contributed by atoms with Crippen molar-refractivity contribution in [1.82, 2.24) is 10.2 Å². The van der Waals surface area contributed by atoms with Crippen LogP contribution in [0.15, 0.2) is 4.34 Å². The molecule has 106 valence electrons. The molecule has 0 aliphatic carbocycles. The fraction of sp³-hybridized carbons (Fsp3) is 0.667. The van der Waals surface area contributed by atoms with Gasteiger partial charge in [-0.05, 0) is 12.8 Å². The van der Waals surface area contributed by atoms with Gasteiger partial charge >= 0.3 is 5.97 Å². The van der Waals surface area contributed by atoms with Crippen LogP contribution in [-0.4, -0.2) is 53.0 Å². The standard InChI is InChI=1S/C9H13N3O4S3/c13-7(14)4-17-9-12-11-8(18-9)10-6-2-1-3-19(15,16)5-6/h6H,1-5H2,(H,10,11)(H,13,14). The summed E-state index contributed by atoms with van der Waals surface area (Å²) in [5.74, 6) is -0.606. The summed E-state index contributed by atoms with van der Waals surface area (Å²) in [6, 6.07) is -0.135. The van der Waals surface area contributed by atoms with Crippen LogP contribution in [-0.2, 0) is 14.6 Å². The molecule has 0 bridgehead atoms. The number of nitrogens with one attached hydrogen (secondary N) is 1. The van der Waals surface area contributed by atoms with Gasteiger partial charge in [0.15, 0.2) is 14.2 Å². The van der Waals surface area contributed by atoms with E-state index in [1.807, 2.05) is 0 Å². The molecule has 1 aromatic heterocycles. The molecule has 0 saturated carbocycles. The van der Waals surface area contributed by atoms with E-state index in [0.29, 0.717) is 15.9 Å². The highest BCUT2D eigenvalue weighted by Crippen LogP contribution is 2.26. The third-order valence-corrected chi connectivity index (χ3v) is 6.31. The highest BCUT2D eigenvalue weighted by molar-refractivity contribution is 8.01. The lowest BCUT2D eigenvalue weighted by Gasteiger charge is -2.22. The van der Waals surface area contributed by atoms with Crippen LogP contribution in [0.1, 0.15) is 12.8 Å². The van der Waals surface area contributed by atoms with E-state index in [-0.39, 0.29) is 23.3 Å². The summed E-state index contributed by atoms with van der Waals surface area (Å²) in [4.78, 5) is 10.4.